The average Bonchev–Trinajstić information content (AvgIpc) is 3.18. The molecule has 154 valence electrons. The second kappa shape index (κ2) is 7.86. The molecule has 0 unspecified atom stereocenters. The number of nitrogens with zero attached hydrogens (tertiary/aromatic N) is 2. The summed E-state index contributed by atoms with van der Waals surface area (Å²) in [6.45, 7) is 0. The van der Waals surface area contributed by atoms with E-state index in [0.717, 1.165) is 5.56 Å². The SMILES string of the molecule is COc1ccc(-c2cc3n(n2)[C@H](C(=O)Nc2ccc(F)cc2)CC(=O)N3)cc1OC. The van der Waals surface area contributed by atoms with E-state index in [9.17, 15) is 14.0 Å². The lowest BCUT2D eigenvalue weighted by Gasteiger charge is -2.23. The molecule has 1 atom stereocenters. The lowest BCUT2D eigenvalue weighted by atomic mass is 10.1. The molecule has 1 aromatic heterocycles. The number of halogens is 1. The summed E-state index contributed by atoms with van der Waals surface area (Å²) in [5.74, 6) is 0.417. The normalized spacial score (nSPS) is 15.2. The van der Waals surface area contributed by atoms with Crippen LogP contribution in [0.25, 0.3) is 11.3 Å². The number of rotatable bonds is 5. The molecule has 2 aromatic carbocycles. The fraction of sp³-hybridized carbons (Fsp3) is 0.190. The van der Waals surface area contributed by atoms with Crippen LogP contribution in [0.4, 0.5) is 15.9 Å². The highest BCUT2D eigenvalue weighted by Gasteiger charge is 2.32. The molecule has 2 N–H and O–H groups in total. The second-order valence-electron chi connectivity index (χ2n) is 6.69. The van der Waals surface area contributed by atoms with Gasteiger partial charge in [-0.05, 0) is 42.5 Å². The van der Waals surface area contributed by atoms with E-state index in [1.165, 1.54) is 36.1 Å². The van der Waals surface area contributed by atoms with E-state index in [1.54, 1.807) is 25.3 Å². The monoisotopic (exact) mass is 410 g/mol. The van der Waals surface area contributed by atoms with Crippen molar-refractivity contribution in [1.82, 2.24) is 9.78 Å². The van der Waals surface area contributed by atoms with E-state index in [1.807, 2.05) is 6.07 Å². The predicted octanol–water partition coefficient (Wildman–Crippen LogP) is 3.23. The van der Waals surface area contributed by atoms with Gasteiger partial charge in [0.05, 0.1) is 26.3 Å². The van der Waals surface area contributed by atoms with Crippen molar-refractivity contribution in [1.29, 1.82) is 0 Å². The molecule has 2 amide bonds. The number of ether oxygens (including phenoxy) is 2. The van der Waals surface area contributed by atoms with Crippen molar-refractivity contribution >= 4 is 23.3 Å². The Balaban J connectivity index is 1.65. The summed E-state index contributed by atoms with van der Waals surface area (Å²) in [5.41, 5.74) is 1.73. The van der Waals surface area contributed by atoms with Crippen molar-refractivity contribution in [2.24, 2.45) is 0 Å². The summed E-state index contributed by atoms with van der Waals surface area (Å²) in [4.78, 5) is 25.0. The van der Waals surface area contributed by atoms with Gasteiger partial charge < -0.3 is 20.1 Å². The molecular weight excluding hydrogens is 391 g/mol. The number of fused-ring (bicyclic) bond motifs is 1. The number of carbonyl (C=O) groups excluding carboxylic acids is 2. The van der Waals surface area contributed by atoms with Gasteiger partial charge in [-0.1, -0.05) is 0 Å². The van der Waals surface area contributed by atoms with Gasteiger partial charge in [0, 0.05) is 17.3 Å². The zero-order chi connectivity index (χ0) is 21.3. The maximum absolute atomic E-state index is 13.1. The van der Waals surface area contributed by atoms with Crippen molar-refractivity contribution in [3.63, 3.8) is 0 Å². The predicted molar refractivity (Wildman–Crippen MR) is 108 cm³/mol. The third kappa shape index (κ3) is 3.69. The van der Waals surface area contributed by atoms with Crippen molar-refractivity contribution in [2.45, 2.75) is 12.5 Å². The molecule has 3 aromatic rings. The fourth-order valence-electron chi connectivity index (χ4n) is 3.28. The first-order chi connectivity index (χ1) is 14.5. The number of hydrogen-bond donors (Lipinski definition) is 2. The van der Waals surface area contributed by atoms with Gasteiger partial charge in [-0.25, -0.2) is 9.07 Å². The molecule has 30 heavy (non-hydrogen) atoms. The molecule has 0 saturated heterocycles. The Hall–Kier alpha value is -3.88. The van der Waals surface area contributed by atoms with Crippen molar-refractivity contribution in [2.75, 3.05) is 24.9 Å². The van der Waals surface area contributed by atoms with Crippen LogP contribution in [0.1, 0.15) is 12.5 Å². The molecule has 0 aliphatic carbocycles. The van der Waals surface area contributed by atoms with Gasteiger partial charge in [0.15, 0.2) is 11.5 Å². The molecule has 0 radical (unpaired) electrons. The lowest BCUT2D eigenvalue weighted by Crippen LogP contribution is -2.35. The Bertz CT molecular complexity index is 1110. The first-order valence-electron chi connectivity index (χ1n) is 9.16. The van der Waals surface area contributed by atoms with Gasteiger partial charge >= 0.3 is 0 Å². The summed E-state index contributed by atoms with van der Waals surface area (Å²) >= 11 is 0. The first kappa shape index (κ1) is 19.4. The Morgan fingerprint density at radius 3 is 2.57 bits per heavy atom. The van der Waals surface area contributed by atoms with E-state index in [-0.39, 0.29) is 12.3 Å². The number of nitrogens with one attached hydrogen (secondary N) is 2. The maximum Gasteiger partial charge on any atom is 0.249 e. The van der Waals surface area contributed by atoms with Crippen LogP contribution in [0.2, 0.25) is 0 Å². The van der Waals surface area contributed by atoms with Crippen LogP contribution in [-0.4, -0.2) is 35.8 Å². The van der Waals surface area contributed by atoms with Crippen molar-refractivity contribution < 1.29 is 23.5 Å². The van der Waals surface area contributed by atoms with Gasteiger partial charge in [-0.15, -0.1) is 0 Å². The topological polar surface area (TPSA) is 94.5 Å². The van der Waals surface area contributed by atoms with E-state index >= 15 is 0 Å². The van der Waals surface area contributed by atoms with Crippen LogP contribution in [0.3, 0.4) is 0 Å². The highest BCUT2D eigenvalue weighted by Crippen LogP contribution is 2.34. The Kier molecular flexibility index (Phi) is 5.09. The molecular formula is C21H19FN4O4. The standard InChI is InChI=1S/C21H19FN4O4/c1-29-17-8-3-12(9-18(17)30-2)15-10-19-24-20(27)11-16(26(19)25-15)21(28)23-14-6-4-13(22)5-7-14/h3-10,16H,11H2,1-2H3,(H,23,28)(H,24,27)/t16-/m0/s1. The lowest BCUT2D eigenvalue weighted by molar-refractivity contribution is -0.125. The summed E-state index contributed by atoms with van der Waals surface area (Å²) in [6.07, 6.45) is -0.0624. The molecule has 0 saturated carbocycles. The van der Waals surface area contributed by atoms with Gasteiger partial charge in [-0.3, -0.25) is 9.59 Å². The number of carbonyl (C=O) groups is 2. The number of hydrogen-bond acceptors (Lipinski definition) is 5. The van der Waals surface area contributed by atoms with Gasteiger partial charge in [0.2, 0.25) is 11.8 Å². The molecule has 1 aliphatic rings. The van der Waals surface area contributed by atoms with Crippen LogP contribution in [-0.2, 0) is 9.59 Å². The van der Waals surface area contributed by atoms with E-state index in [2.05, 4.69) is 15.7 Å². The van der Waals surface area contributed by atoms with Crippen molar-refractivity contribution in [3.8, 4) is 22.8 Å². The molecule has 2 heterocycles. The molecule has 0 spiro atoms. The largest absolute Gasteiger partial charge is 0.493 e. The number of anilines is 2. The van der Waals surface area contributed by atoms with E-state index in [4.69, 9.17) is 9.47 Å². The Morgan fingerprint density at radius 2 is 1.87 bits per heavy atom. The van der Waals surface area contributed by atoms with Crippen LogP contribution in [0.5, 0.6) is 11.5 Å². The zero-order valence-corrected chi connectivity index (χ0v) is 16.3. The smallest absolute Gasteiger partial charge is 0.249 e. The zero-order valence-electron chi connectivity index (χ0n) is 16.3. The summed E-state index contributed by atoms with van der Waals surface area (Å²) in [7, 11) is 3.09. The molecule has 9 heteroatoms. The van der Waals surface area contributed by atoms with Crippen molar-refractivity contribution in [3.05, 3.63) is 54.3 Å². The molecule has 0 bridgehead atoms. The highest BCUT2D eigenvalue weighted by atomic mass is 19.1. The molecule has 0 fully saturated rings. The minimum atomic E-state index is -0.840. The van der Waals surface area contributed by atoms with Crippen LogP contribution in [0.15, 0.2) is 48.5 Å². The Labute approximate surface area is 171 Å². The maximum atomic E-state index is 13.1. The molecule has 4 rings (SSSR count). The summed E-state index contributed by atoms with van der Waals surface area (Å²) in [6, 6.07) is 11.6. The van der Waals surface area contributed by atoms with Gasteiger partial charge in [-0.2, -0.15) is 5.10 Å². The number of benzene rings is 2. The third-order valence-electron chi connectivity index (χ3n) is 4.77. The minimum Gasteiger partial charge on any atom is -0.493 e. The Morgan fingerprint density at radius 1 is 1.13 bits per heavy atom. The summed E-state index contributed by atoms with van der Waals surface area (Å²) in [5, 5.41) is 9.96. The average molecular weight is 410 g/mol. The quantitative estimate of drug-likeness (QED) is 0.674. The third-order valence-corrected chi connectivity index (χ3v) is 4.77. The number of amides is 2. The minimum absolute atomic E-state index is 0.0624. The highest BCUT2D eigenvalue weighted by molar-refractivity contribution is 6.01. The number of methoxy groups -OCH3 is 2. The van der Waals surface area contributed by atoms with Gasteiger partial charge in [0.1, 0.15) is 17.7 Å². The van der Waals surface area contributed by atoms with Gasteiger partial charge in [0.25, 0.3) is 0 Å². The van der Waals surface area contributed by atoms with E-state index in [0.29, 0.717) is 28.7 Å². The molecule has 8 nitrogen and oxygen atoms in total. The number of aromatic nitrogens is 2. The molecule has 1 aliphatic heterocycles. The van der Waals surface area contributed by atoms with E-state index < -0.39 is 17.8 Å². The second-order valence-corrected chi connectivity index (χ2v) is 6.69. The van der Waals surface area contributed by atoms with Crippen LogP contribution in [0, 0.1) is 5.82 Å². The summed E-state index contributed by atoms with van der Waals surface area (Å²) < 4.78 is 25.2. The fourth-order valence-corrected chi connectivity index (χ4v) is 3.28. The van der Waals surface area contributed by atoms with Crippen LogP contribution < -0.4 is 20.1 Å². The first-order valence-corrected chi connectivity index (χ1v) is 9.16. The van der Waals surface area contributed by atoms with Crippen LogP contribution >= 0.6 is 0 Å².